The monoisotopic (exact) mass is 339 g/mol. The Morgan fingerprint density at radius 2 is 1.92 bits per heavy atom. The minimum Gasteiger partial charge on any atom is -0.504 e. The Balaban J connectivity index is 1.85. The van der Waals surface area contributed by atoms with Gasteiger partial charge in [0.1, 0.15) is 5.54 Å². The van der Waals surface area contributed by atoms with Crippen LogP contribution in [0, 0.1) is 0 Å². The number of hydrogen-bond acceptors (Lipinski definition) is 5. The lowest BCUT2D eigenvalue weighted by Gasteiger charge is -2.20. The quantitative estimate of drug-likeness (QED) is 0.660. The van der Waals surface area contributed by atoms with E-state index in [2.05, 4.69) is 10.4 Å². The third-order valence-corrected chi connectivity index (χ3v) is 4.05. The molecule has 2 aromatic carbocycles. The first-order valence-corrected chi connectivity index (χ1v) is 7.59. The summed E-state index contributed by atoms with van der Waals surface area (Å²) in [5.74, 6) is -0.209. The summed E-state index contributed by atoms with van der Waals surface area (Å²) in [5, 5.41) is 17.2. The van der Waals surface area contributed by atoms with Crippen LogP contribution < -0.4 is 10.1 Å². The van der Waals surface area contributed by atoms with Gasteiger partial charge in [-0.25, -0.2) is 4.79 Å². The van der Waals surface area contributed by atoms with Crippen molar-refractivity contribution in [3.05, 3.63) is 59.7 Å². The molecule has 0 bridgehead atoms. The van der Waals surface area contributed by atoms with E-state index in [1.54, 1.807) is 43.3 Å². The number of benzene rings is 2. The molecule has 128 valence electrons. The average molecular weight is 339 g/mol. The summed E-state index contributed by atoms with van der Waals surface area (Å²) in [6.45, 7) is 1.64. The molecule has 7 heteroatoms. The molecule has 1 fully saturated rings. The molecule has 25 heavy (non-hydrogen) atoms. The number of rotatable bonds is 4. The first-order chi connectivity index (χ1) is 12.0. The third-order valence-electron chi connectivity index (χ3n) is 4.05. The molecule has 1 saturated heterocycles. The average Bonchev–Trinajstić information content (AvgIpc) is 2.84. The topological polar surface area (TPSA) is 91.2 Å². The smallest absolute Gasteiger partial charge is 0.346 e. The van der Waals surface area contributed by atoms with Crippen LogP contribution in [-0.4, -0.2) is 35.4 Å². The molecule has 0 aromatic heterocycles. The summed E-state index contributed by atoms with van der Waals surface area (Å²) in [6, 6.07) is 13.0. The van der Waals surface area contributed by atoms with E-state index in [0.717, 1.165) is 5.01 Å². The molecule has 0 aliphatic carbocycles. The zero-order chi connectivity index (χ0) is 18.0. The highest BCUT2D eigenvalue weighted by Crippen LogP contribution is 2.29. The molecular weight excluding hydrogens is 322 g/mol. The van der Waals surface area contributed by atoms with Crippen LogP contribution in [0.25, 0.3) is 0 Å². The number of aromatic hydroxyl groups is 1. The lowest BCUT2D eigenvalue weighted by molar-refractivity contribution is -0.131. The molecule has 0 spiro atoms. The van der Waals surface area contributed by atoms with Crippen molar-refractivity contribution in [3.8, 4) is 11.5 Å². The van der Waals surface area contributed by atoms with Gasteiger partial charge >= 0.3 is 6.03 Å². The minimum atomic E-state index is -1.17. The summed E-state index contributed by atoms with van der Waals surface area (Å²) in [5.41, 5.74) is 0.0259. The van der Waals surface area contributed by atoms with Gasteiger partial charge in [0, 0.05) is 0 Å². The normalized spacial score (nSPS) is 20.2. The van der Waals surface area contributed by atoms with Crippen molar-refractivity contribution in [2.45, 2.75) is 12.5 Å². The van der Waals surface area contributed by atoms with Gasteiger partial charge in [-0.15, -0.1) is 5.01 Å². The molecule has 7 nitrogen and oxygen atoms in total. The Kier molecular flexibility index (Phi) is 4.14. The molecule has 2 aromatic rings. The number of hydrogen-bond donors (Lipinski definition) is 2. The van der Waals surface area contributed by atoms with Crippen molar-refractivity contribution in [2.24, 2.45) is 5.10 Å². The Morgan fingerprint density at radius 1 is 1.20 bits per heavy atom. The first kappa shape index (κ1) is 16.5. The van der Waals surface area contributed by atoms with Crippen LogP contribution in [0.15, 0.2) is 53.6 Å². The number of carbonyl (C=O) groups is 2. The molecule has 0 radical (unpaired) electrons. The Morgan fingerprint density at radius 3 is 2.56 bits per heavy atom. The highest BCUT2D eigenvalue weighted by Gasteiger charge is 2.49. The zero-order valence-corrected chi connectivity index (χ0v) is 13.8. The fraction of sp³-hybridized carbons (Fsp3) is 0.167. The van der Waals surface area contributed by atoms with Gasteiger partial charge in [-0.05, 0) is 36.2 Å². The van der Waals surface area contributed by atoms with E-state index in [0.29, 0.717) is 16.9 Å². The second-order valence-electron chi connectivity index (χ2n) is 5.71. The van der Waals surface area contributed by atoms with Crippen molar-refractivity contribution in [1.82, 2.24) is 10.3 Å². The maximum atomic E-state index is 12.7. The number of nitrogens with one attached hydrogen (secondary N) is 1. The van der Waals surface area contributed by atoms with Crippen LogP contribution in [0.5, 0.6) is 11.5 Å². The molecule has 3 amide bonds. The van der Waals surface area contributed by atoms with Crippen LogP contribution in [0.4, 0.5) is 4.79 Å². The Bertz CT molecular complexity index is 851. The molecule has 1 aliphatic rings. The fourth-order valence-electron chi connectivity index (χ4n) is 2.61. The van der Waals surface area contributed by atoms with E-state index in [-0.39, 0.29) is 5.75 Å². The number of carbonyl (C=O) groups excluding carboxylic acids is 2. The Labute approximate surface area is 144 Å². The number of phenols is 1. The fourth-order valence-corrected chi connectivity index (χ4v) is 2.61. The Hall–Kier alpha value is -3.35. The second kappa shape index (κ2) is 6.27. The highest BCUT2D eigenvalue weighted by atomic mass is 16.5. The summed E-state index contributed by atoms with van der Waals surface area (Å²) in [4.78, 5) is 24.9. The van der Waals surface area contributed by atoms with Crippen molar-refractivity contribution < 1.29 is 19.4 Å². The largest absolute Gasteiger partial charge is 0.504 e. The SMILES string of the molecule is COc1ccc(/C=N\N2C(=O)N[C@](C)(c3ccccc3)C2=O)cc1O. The molecule has 0 saturated carbocycles. The lowest BCUT2D eigenvalue weighted by atomic mass is 9.92. The summed E-state index contributed by atoms with van der Waals surface area (Å²) >= 11 is 0. The van der Waals surface area contributed by atoms with E-state index >= 15 is 0 Å². The standard InChI is InChI=1S/C18H17N3O4/c1-18(13-6-4-3-5-7-13)16(23)21(17(24)20-18)19-11-12-8-9-15(25-2)14(22)10-12/h3-11,22H,1-2H3,(H,20,24)/b19-11-/t18-/m1/s1. The van der Waals surface area contributed by atoms with E-state index < -0.39 is 17.5 Å². The number of methoxy groups -OCH3 is 1. The predicted molar refractivity (Wildman–Crippen MR) is 91.4 cm³/mol. The van der Waals surface area contributed by atoms with E-state index in [4.69, 9.17) is 4.74 Å². The van der Waals surface area contributed by atoms with Crippen molar-refractivity contribution >= 4 is 18.2 Å². The molecule has 1 atom stereocenters. The van der Waals surface area contributed by atoms with Crippen molar-refractivity contribution in [2.75, 3.05) is 7.11 Å². The van der Waals surface area contributed by atoms with Gasteiger partial charge in [-0.3, -0.25) is 4.79 Å². The maximum Gasteiger partial charge on any atom is 0.346 e. The van der Waals surface area contributed by atoms with Crippen molar-refractivity contribution in [1.29, 1.82) is 0 Å². The van der Waals surface area contributed by atoms with Crippen LogP contribution >= 0.6 is 0 Å². The van der Waals surface area contributed by atoms with Gasteiger partial charge in [0.25, 0.3) is 5.91 Å². The number of imide groups is 1. The molecule has 1 aliphatic heterocycles. The molecule has 2 N–H and O–H groups in total. The number of ether oxygens (including phenoxy) is 1. The molecular formula is C18H17N3O4. The molecule has 3 rings (SSSR count). The zero-order valence-electron chi connectivity index (χ0n) is 13.8. The van der Waals surface area contributed by atoms with Crippen LogP contribution in [-0.2, 0) is 10.3 Å². The van der Waals surface area contributed by atoms with Crippen LogP contribution in [0.2, 0.25) is 0 Å². The minimum absolute atomic E-state index is 0.0576. The number of hydrazone groups is 1. The predicted octanol–water partition coefficient (Wildman–Crippen LogP) is 2.20. The number of phenolic OH excluding ortho intramolecular Hbond substituents is 1. The summed E-state index contributed by atoms with van der Waals surface area (Å²) < 4.78 is 4.97. The van der Waals surface area contributed by atoms with E-state index in [1.807, 2.05) is 6.07 Å². The van der Waals surface area contributed by atoms with Gasteiger partial charge in [0.15, 0.2) is 11.5 Å². The third kappa shape index (κ3) is 2.91. The van der Waals surface area contributed by atoms with Gasteiger partial charge in [-0.1, -0.05) is 30.3 Å². The first-order valence-electron chi connectivity index (χ1n) is 7.59. The lowest BCUT2D eigenvalue weighted by Crippen LogP contribution is -2.40. The van der Waals surface area contributed by atoms with E-state index in [9.17, 15) is 14.7 Å². The van der Waals surface area contributed by atoms with Gasteiger partial charge in [0.2, 0.25) is 0 Å². The maximum absolute atomic E-state index is 12.7. The van der Waals surface area contributed by atoms with Gasteiger partial charge in [-0.2, -0.15) is 5.10 Å². The second-order valence-corrected chi connectivity index (χ2v) is 5.71. The van der Waals surface area contributed by atoms with Crippen LogP contribution in [0.3, 0.4) is 0 Å². The van der Waals surface area contributed by atoms with Crippen LogP contribution in [0.1, 0.15) is 18.1 Å². The molecule has 0 unspecified atom stereocenters. The van der Waals surface area contributed by atoms with Gasteiger partial charge < -0.3 is 15.2 Å². The molecule has 1 heterocycles. The van der Waals surface area contributed by atoms with Crippen molar-refractivity contribution in [3.63, 3.8) is 0 Å². The number of amides is 3. The summed E-state index contributed by atoms with van der Waals surface area (Å²) in [6.07, 6.45) is 1.33. The number of urea groups is 1. The summed E-state index contributed by atoms with van der Waals surface area (Å²) in [7, 11) is 1.44. The highest BCUT2D eigenvalue weighted by molar-refractivity contribution is 6.07. The number of nitrogens with zero attached hydrogens (tertiary/aromatic N) is 2. The van der Waals surface area contributed by atoms with E-state index in [1.165, 1.54) is 19.4 Å². The van der Waals surface area contributed by atoms with Gasteiger partial charge in [0.05, 0.1) is 13.3 Å².